The molecule has 3 heteroatoms. The van der Waals surface area contributed by atoms with Crippen LogP contribution in [0.4, 0.5) is 0 Å². The fourth-order valence-electron chi connectivity index (χ4n) is 0.663. The number of carbonyl (C=O) groups is 1. The van der Waals surface area contributed by atoms with E-state index in [1.165, 1.54) is 0 Å². The van der Waals surface area contributed by atoms with E-state index in [0.29, 0.717) is 10.8 Å². The second kappa shape index (κ2) is 7.44. The lowest BCUT2D eigenvalue weighted by Crippen LogP contribution is -2.21. The standard InChI is InChI=1S/C10H22O.C3H4O2/c1-9(2,3)7-11-8-10(4,5)6;1-2-3(4)5/h7-8H2,1-6H3;2H,1H2,(H,4,5). The maximum atomic E-state index is 9.25. The number of hydrogen-bond acceptors (Lipinski definition) is 2. The first-order chi connectivity index (χ1) is 6.98. The van der Waals surface area contributed by atoms with Gasteiger partial charge < -0.3 is 9.84 Å². The maximum Gasteiger partial charge on any atom is 0.327 e. The molecule has 0 aromatic rings. The molecule has 16 heavy (non-hydrogen) atoms. The molecule has 0 radical (unpaired) electrons. The Morgan fingerprint density at radius 2 is 1.38 bits per heavy atom. The number of ether oxygens (including phenoxy) is 1. The number of carboxylic acids is 1. The third kappa shape index (κ3) is 23.2. The van der Waals surface area contributed by atoms with Crippen LogP contribution in [0.3, 0.4) is 0 Å². The summed E-state index contributed by atoms with van der Waals surface area (Å²) in [7, 11) is 0. The summed E-state index contributed by atoms with van der Waals surface area (Å²) in [5.41, 5.74) is 0.594. The molecule has 0 amide bonds. The van der Waals surface area contributed by atoms with E-state index in [4.69, 9.17) is 9.84 Å². The van der Waals surface area contributed by atoms with Crippen molar-refractivity contribution in [3.05, 3.63) is 12.7 Å². The zero-order valence-corrected chi connectivity index (χ0v) is 11.5. The number of hydrogen-bond donors (Lipinski definition) is 1. The summed E-state index contributed by atoms with van der Waals surface area (Å²) >= 11 is 0. The summed E-state index contributed by atoms with van der Waals surface area (Å²) in [6.45, 7) is 17.8. The minimum absolute atomic E-state index is 0.297. The smallest absolute Gasteiger partial charge is 0.327 e. The molecule has 3 nitrogen and oxygen atoms in total. The van der Waals surface area contributed by atoms with Crippen LogP contribution in [0.5, 0.6) is 0 Å². The van der Waals surface area contributed by atoms with Gasteiger partial charge in [0, 0.05) is 6.08 Å². The van der Waals surface area contributed by atoms with Crippen LogP contribution in [0.1, 0.15) is 41.5 Å². The monoisotopic (exact) mass is 230 g/mol. The van der Waals surface area contributed by atoms with Gasteiger partial charge in [-0.1, -0.05) is 48.1 Å². The van der Waals surface area contributed by atoms with E-state index in [9.17, 15) is 4.79 Å². The molecule has 0 aromatic carbocycles. The van der Waals surface area contributed by atoms with Gasteiger partial charge in [0.25, 0.3) is 0 Å². The Morgan fingerprint density at radius 1 is 1.12 bits per heavy atom. The van der Waals surface area contributed by atoms with Crippen molar-refractivity contribution in [2.75, 3.05) is 13.2 Å². The van der Waals surface area contributed by atoms with Crippen molar-refractivity contribution in [2.24, 2.45) is 10.8 Å². The van der Waals surface area contributed by atoms with Crippen molar-refractivity contribution >= 4 is 5.97 Å². The van der Waals surface area contributed by atoms with Gasteiger partial charge >= 0.3 is 5.97 Å². The number of carboxylic acid groups (broad SMARTS) is 1. The number of aliphatic carboxylic acids is 1. The quantitative estimate of drug-likeness (QED) is 0.756. The van der Waals surface area contributed by atoms with Gasteiger partial charge in [0.15, 0.2) is 0 Å². The Morgan fingerprint density at radius 3 is 1.50 bits per heavy atom. The first kappa shape index (κ1) is 17.6. The van der Waals surface area contributed by atoms with Crippen molar-refractivity contribution < 1.29 is 14.6 Å². The summed E-state index contributed by atoms with van der Waals surface area (Å²) in [6, 6.07) is 0. The molecule has 0 aliphatic heterocycles. The van der Waals surface area contributed by atoms with E-state index in [1.54, 1.807) is 0 Å². The van der Waals surface area contributed by atoms with Gasteiger partial charge in [0.05, 0.1) is 13.2 Å². The third-order valence-corrected chi connectivity index (χ3v) is 1.24. The van der Waals surface area contributed by atoms with Crippen LogP contribution in [0.2, 0.25) is 0 Å². The van der Waals surface area contributed by atoms with E-state index in [-0.39, 0.29) is 0 Å². The van der Waals surface area contributed by atoms with Crippen LogP contribution in [0.25, 0.3) is 0 Å². The minimum atomic E-state index is -0.981. The summed E-state index contributed by atoms with van der Waals surface area (Å²) in [5, 5.41) is 7.60. The zero-order chi connectivity index (χ0) is 13.4. The van der Waals surface area contributed by atoms with Crippen LogP contribution in [0, 0.1) is 10.8 Å². The molecular weight excluding hydrogens is 204 g/mol. The Bertz CT molecular complexity index is 192. The van der Waals surface area contributed by atoms with Gasteiger partial charge in [-0.2, -0.15) is 0 Å². The van der Waals surface area contributed by atoms with E-state index in [1.807, 2.05) is 0 Å². The molecule has 0 unspecified atom stereocenters. The molecule has 0 heterocycles. The summed E-state index contributed by atoms with van der Waals surface area (Å²) in [5.74, 6) is -0.981. The highest BCUT2D eigenvalue weighted by Gasteiger charge is 2.14. The molecule has 0 rings (SSSR count). The van der Waals surface area contributed by atoms with Crippen LogP contribution in [0.15, 0.2) is 12.7 Å². The van der Waals surface area contributed by atoms with Crippen molar-refractivity contribution in [1.29, 1.82) is 0 Å². The summed E-state index contributed by atoms with van der Waals surface area (Å²) in [6.07, 6.45) is 0.833. The molecular formula is C13H26O3. The first-order valence-electron chi connectivity index (χ1n) is 5.41. The molecule has 0 aliphatic rings. The zero-order valence-electron chi connectivity index (χ0n) is 11.5. The van der Waals surface area contributed by atoms with Crippen molar-refractivity contribution in [3.8, 4) is 0 Å². The Hall–Kier alpha value is -0.830. The average Bonchev–Trinajstić information content (AvgIpc) is 2.00. The second-order valence-electron chi connectivity index (χ2n) is 6.16. The highest BCUT2D eigenvalue weighted by molar-refractivity contribution is 5.78. The van der Waals surface area contributed by atoms with Gasteiger partial charge in [-0.25, -0.2) is 4.79 Å². The third-order valence-electron chi connectivity index (χ3n) is 1.24. The lowest BCUT2D eigenvalue weighted by atomic mass is 9.97. The van der Waals surface area contributed by atoms with Crippen LogP contribution < -0.4 is 0 Å². The molecule has 1 N–H and O–H groups in total. The molecule has 0 bridgehead atoms. The molecule has 96 valence electrons. The normalized spacial score (nSPS) is 11.4. The van der Waals surface area contributed by atoms with Gasteiger partial charge in [0.2, 0.25) is 0 Å². The van der Waals surface area contributed by atoms with Crippen LogP contribution in [-0.2, 0) is 9.53 Å². The SMILES string of the molecule is C=CC(=O)O.CC(C)(C)COCC(C)(C)C. The molecule has 0 aliphatic carbocycles. The Kier molecular flexibility index (Phi) is 8.17. The maximum absolute atomic E-state index is 9.25. The highest BCUT2D eigenvalue weighted by Crippen LogP contribution is 2.17. The molecule has 0 atom stereocenters. The van der Waals surface area contributed by atoms with Crippen LogP contribution in [-0.4, -0.2) is 24.3 Å². The Balaban J connectivity index is 0. The van der Waals surface area contributed by atoms with Gasteiger partial charge in [-0.3, -0.25) is 0 Å². The van der Waals surface area contributed by atoms with E-state index < -0.39 is 5.97 Å². The highest BCUT2D eigenvalue weighted by atomic mass is 16.5. The van der Waals surface area contributed by atoms with Crippen molar-refractivity contribution in [1.82, 2.24) is 0 Å². The molecule has 0 aromatic heterocycles. The lowest BCUT2D eigenvalue weighted by molar-refractivity contribution is -0.131. The van der Waals surface area contributed by atoms with E-state index in [2.05, 4.69) is 48.1 Å². The van der Waals surface area contributed by atoms with Crippen LogP contribution >= 0.6 is 0 Å². The Labute approximate surface area is 99.5 Å². The number of rotatable bonds is 3. The molecule has 0 saturated carbocycles. The van der Waals surface area contributed by atoms with E-state index >= 15 is 0 Å². The predicted octanol–water partition coefficient (Wildman–Crippen LogP) is 3.35. The van der Waals surface area contributed by atoms with Gasteiger partial charge in [-0.05, 0) is 10.8 Å². The molecule has 0 saturated heterocycles. The van der Waals surface area contributed by atoms with Gasteiger partial charge in [-0.15, -0.1) is 0 Å². The second-order valence-corrected chi connectivity index (χ2v) is 6.16. The van der Waals surface area contributed by atoms with Crippen molar-refractivity contribution in [3.63, 3.8) is 0 Å². The average molecular weight is 230 g/mol. The van der Waals surface area contributed by atoms with Gasteiger partial charge in [0.1, 0.15) is 0 Å². The minimum Gasteiger partial charge on any atom is -0.478 e. The van der Waals surface area contributed by atoms with Crippen molar-refractivity contribution in [2.45, 2.75) is 41.5 Å². The predicted molar refractivity (Wildman–Crippen MR) is 67.6 cm³/mol. The van der Waals surface area contributed by atoms with E-state index in [0.717, 1.165) is 19.3 Å². The topological polar surface area (TPSA) is 46.5 Å². The fraction of sp³-hybridized carbons (Fsp3) is 0.769. The molecule has 0 spiro atoms. The summed E-state index contributed by atoms with van der Waals surface area (Å²) < 4.78 is 5.56. The fourth-order valence-corrected chi connectivity index (χ4v) is 0.663. The molecule has 0 fully saturated rings. The lowest BCUT2D eigenvalue weighted by Gasteiger charge is -2.23. The largest absolute Gasteiger partial charge is 0.478 e. The first-order valence-corrected chi connectivity index (χ1v) is 5.41. The summed E-state index contributed by atoms with van der Waals surface area (Å²) in [4.78, 5) is 9.25.